The standard InChI is InChI=1S/C18H25N3O2/c1-2-8-19-18(20-9-7-13-4-3-10-22-13)21-11-14-15(12-21)17-6-5-16(14)23-17/h2-4,10,14-17H,1,5-9,11-12H2,(H,19,20). The fourth-order valence-corrected chi connectivity index (χ4v) is 4.29. The molecule has 4 heterocycles. The van der Waals surface area contributed by atoms with Gasteiger partial charge in [0.05, 0.1) is 18.5 Å². The molecule has 124 valence electrons. The van der Waals surface area contributed by atoms with Crippen LogP contribution in [0, 0.1) is 11.8 Å². The Morgan fingerprint density at radius 3 is 2.78 bits per heavy atom. The summed E-state index contributed by atoms with van der Waals surface area (Å²) in [6, 6.07) is 3.93. The van der Waals surface area contributed by atoms with Gasteiger partial charge in [-0.2, -0.15) is 0 Å². The molecule has 0 saturated carbocycles. The van der Waals surface area contributed by atoms with Crippen molar-refractivity contribution in [2.24, 2.45) is 16.8 Å². The first-order valence-corrected chi connectivity index (χ1v) is 8.67. The lowest BCUT2D eigenvalue weighted by molar-refractivity contribution is 0.0767. The van der Waals surface area contributed by atoms with E-state index in [4.69, 9.17) is 14.1 Å². The van der Waals surface area contributed by atoms with Crippen molar-refractivity contribution in [2.45, 2.75) is 31.5 Å². The minimum atomic E-state index is 0.485. The molecular weight excluding hydrogens is 290 g/mol. The summed E-state index contributed by atoms with van der Waals surface area (Å²) in [5.74, 6) is 3.37. The number of hydrogen-bond donors (Lipinski definition) is 1. The largest absolute Gasteiger partial charge is 0.469 e. The van der Waals surface area contributed by atoms with Crippen LogP contribution in [0.25, 0.3) is 0 Å². The summed E-state index contributed by atoms with van der Waals surface area (Å²) in [4.78, 5) is 7.21. The number of nitrogens with zero attached hydrogens (tertiary/aromatic N) is 2. The van der Waals surface area contributed by atoms with Gasteiger partial charge in [0.2, 0.25) is 0 Å². The Labute approximate surface area is 137 Å². The van der Waals surface area contributed by atoms with E-state index >= 15 is 0 Å². The number of furan rings is 1. The monoisotopic (exact) mass is 315 g/mol. The lowest BCUT2D eigenvalue weighted by atomic mass is 9.82. The SMILES string of the molecule is C=CCNC(=NCCc1ccco1)N1CC2C3CCC(O3)C2C1. The molecule has 1 aromatic heterocycles. The van der Waals surface area contributed by atoms with Crippen LogP contribution in [0.1, 0.15) is 18.6 Å². The van der Waals surface area contributed by atoms with Gasteiger partial charge in [-0.05, 0) is 25.0 Å². The fraction of sp³-hybridized carbons (Fsp3) is 0.611. The van der Waals surface area contributed by atoms with Gasteiger partial charge in [0.25, 0.3) is 0 Å². The maximum absolute atomic E-state index is 6.06. The first-order valence-electron chi connectivity index (χ1n) is 8.67. The van der Waals surface area contributed by atoms with E-state index < -0.39 is 0 Å². The predicted molar refractivity (Wildman–Crippen MR) is 89.4 cm³/mol. The third kappa shape index (κ3) is 2.90. The lowest BCUT2D eigenvalue weighted by Crippen LogP contribution is -2.41. The molecule has 4 rings (SSSR count). The summed E-state index contributed by atoms with van der Waals surface area (Å²) in [6.45, 7) is 7.41. The summed E-state index contributed by atoms with van der Waals surface area (Å²) in [5, 5.41) is 3.42. The van der Waals surface area contributed by atoms with Gasteiger partial charge < -0.3 is 19.4 Å². The lowest BCUT2D eigenvalue weighted by Gasteiger charge is -2.23. The number of nitrogens with one attached hydrogen (secondary N) is 1. The second-order valence-electron chi connectivity index (χ2n) is 6.73. The van der Waals surface area contributed by atoms with Crippen molar-refractivity contribution in [3.8, 4) is 0 Å². The van der Waals surface area contributed by atoms with E-state index in [0.717, 1.165) is 44.3 Å². The van der Waals surface area contributed by atoms with Gasteiger partial charge in [0.1, 0.15) is 5.76 Å². The number of fused-ring (bicyclic) bond motifs is 5. The van der Waals surface area contributed by atoms with Gasteiger partial charge in [-0.3, -0.25) is 4.99 Å². The summed E-state index contributed by atoms with van der Waals surface area (Å²) >= 11 is 0. The van der Waals surface area contributed by atoms with Crippen LogP contribution in [0.15, 0.2) is 40.5 Å². The average molecular weight is 315 g/mol. The van der Waals surface area contributed by atoms with Crippen LogP contribution >= 0.6 is 0 Å². The molecule has 4 atom stereocenters. The van der Waals surface area contributed by atoms with Gasteiger partial charge in [-0.25, -0.2) is 0 Å². The summed E-state index contributed by atoms with van der Waals surface area (Å²) in [6.07, 6.45) is 7.88. The molecule has 0 amide bonds. The average Bonchev–Trinajstić information content (AvgIpc) is 3.33. The molecule has 0 aliphatic carbocycles. The topological polar surface area (TPSA) is 50.0 Å². The third-order valence-electron chi connectivity index (χ3n) is 5.36. The number of guanidine groups is 1. The number of rotatable bonds is 5. The molecule has 1 N–H and O–H groups in total. The molecule has 3 aliphatic heterocycles. The number of aliphatic imine (C=N–C) groups is 1. The van der Waals surface area contributed by atoms with E-state index in [1.54, 1.807) is 6.26 Å². The number of hydrogen-bond acceptors (Lipinski definition) is 3. The number of likely N-dealkylation sites (tertiary alicyclic amines) is 1. The zero-order valence-electron chi connectivity index (χ0n) is 13.5. The molecular formula is C18H25N3O2. The highest BCUT2D eigenvalue weighted by Gasteiger charge is 2.53. The first-order chi connectivity index (χ1) is 11.3. The van der Waals surface area contributed by atoms with Crippen molar-refractivity contribution >= 4 is 5.96 Å². The first kappa shape index (κ1) is 14.8. The minimum absolute atomic E-state index is 0.485. The van der Waals surface area contributed by atoms with Crippen LogP contribution < -0.4 is 5.32 Å². The van der Waals surface area contributed by atoms with Crippen LogP contribution in [0.3, 0.4) is 0 Å². The van der Waals surface area contributed by atoms with Crippen molar-refractivity contribution in [3.05, 3.63) is 36.8 Å². The van der Waals surface area contributed by atoms with Crippen molar-refractivity contribution in [1.82, 2.24) is 10.2 Å². The second kappa shape index (κ2) is 6.40. The molecule has 0 radical (unpaired) electrons. The van der Waals surface area contributed by atoms with Gasteiger partial charge in [-0.1, -0.05) is 6.08 Å². The second-order valence-corrected chi connectivity index (χ2v) is 6.73. The van der Waals surface area contributed by atoms with Crippen LogP contribution in [0.5, 0.6) is 0 Å². The molecule has 0 aromatic carbocycles. The molecule has 1 aromatic rings. The van der Waals surface area contributed by atoms with Crippen molar-refractivity contribution < 1.29 is 9.15 Å². The van der Waals surface area contributed by atoms with Gasteiger partial charge in [0, 0.05) is 44.4 Å². The van der Waals surface area contributed by atoms with Crippen molar-refractivity contribution in [3.63, 3.8) is 0 Å². The predicted octanol–water partition coefficient (Wildman–Crippen LogP) is 2.06. The Morgan fingerprint density at radius 2 is 2.13 bits per heavy atom. The zero-order chi connectivity index (χ0) is 15.6. The van der Waals surface area contributed by atoms with E-state index in [9.17, 15) is 0 Å². The van der Waals surface area contributed by atoms with Gasteiger partial charge in [-0.15, -0.1) is 6.58 Å². The third-order valence-corrected chi connectivity index (χ3v) is 5.36. The highest BCUT2D eigenvalue weighted by molar-refractivity contribution is 5.80. The molecule has 2 bridgehead atoms. The fourth-order valence-electron chi connectivity index (χ4n) is 4.29. The van der Waals surface area contributed by atoms with Crippen LogP contribution in [0.4, 0.5) is 0 Å². The Balaban J connectivity index is 1.40. The molecule has 4 unspecified atom stereocenters. The zero-order valence-corrected chi connectivity index (χ0v) is 13.5. The summed E-state index contributed by atoms with van der Waals surface area (Å²) in [5.41, 5.74) is 0. The van der Waals surface area contributed by atoms with E-state index in [1.165, 1.54) is 12.8 Å². The smallest absolute Gasteiger partial charge is 0.194 e. The van der Waals surface area contributed by atoms with Crippen LogP contribution in [-0.2, 0) is 11.2 Å². The van der Waals surface area contributed by atoms with E-state index in [0.29, 0.717) is 24.0 Å². The maximum Gasteiger partial charge on any atom is 0.194 e. The van der Waals surface area contributed by atoms with Crippen molar-refractivity contribution in [2.75, 3.05) is 26.2 Å². The Bertz CT molecular complexity index is 551. The quantitative estimate of drug-likeness (QED) is 0.513. The molecule has 5 nitrogen and oxygen atoms in total. The normalized spacial score (nSPS) is 32.3. The Kier molecular flexibility index (Phi) is 4.12. The molecule has 23 heavy (non-hydrogen) atoms. The Morgan fingerprint density at radius 1 is 1.35 bits per heavy atom. The van der Waals surface area contributed by atoms with E-state index in [-0.39, 0.29) is 0 Å². The maximum atomic E-state index is 6.06. The van der Waals surface area contributed by atoms with E-state index in [2.05, 4.69) is 16.8 Å². The van der Waals surface area contributed by atoms with Gasteiger partial charge >= 0.3 is 0 Å². The van der Waals surface area contributed by atoms with Crippen LogP contribution in [-0.4, -0.2) is 49.2 Å². The molecule has 3 fully saturated rings. The summed E-state index contributed by atoms with van der Waals surface area (Å²) in [7, 11) is 0. The molecule has 3 aliphatic rings. The highest BCUT2D eigenvalue weighted by atomic mass is 16.5. The molecule has 5 heteroatoms. The summed E-state index contributed by atoms with van der Waals surface area (Å²) < 4.78 is 11.4. The van der Waals surface area contributed by atoms with Crippen LogP contribution in [0.2, 0.25) is 0 Å². The highest BCUT2D eigenvalue weighted by Crippen LogP contribution is 2.47. The minimum Gasteiger partial charge on any atom is -0.469 e. The molecule has 0 spiro atoms. The molecule has 3 saturated heterocycles. The number of ether oxygens (including phenoxy) is 1. The van der Waals surface area contributed by atoms with Crippen molar-refractivity contribution in [1.29, 1.82) is 0 Å². The Hall–Kier alpha value is -1.75. The van der Waals surface area contributed by atoms with Gasteiger partial charge in [0.15, 0.2) is 5.96 Å². The van der Waals surface area contributed by atoms with E-state index in [1.807, 2.05) is 18.2 Å².